The van der Waals surface area contributed by atoms with Gasteiger partial charge in [-0.2, -0.15) is 0 Å². The smallest absolute Gasteiger partial charge is 0.333 e. The number of carboxylic acids is 1. The fraction of sp³-hybridized carbons (Fsp3) is 0.125. The van der Waals surface area contributed by atoms with Gasteiger partial charge in [0.2, 0.25) is 0 Å². The molecule has 0 aromatic heterocycles. The van der Waals surface area contributed by atoms with E-state index in [1.807, 2.05) is 84.9 Å². The highest BCUT2D eigenvalue weighted by Crippen LogP contribution is 2.50. The summed E-state index contributed by atoms with van der Waals surface area (Å²) in [7, 11) is 0. The molecule has 0 unspecified atom stereocenters. The molecule has 1 aliphatic rings. The van der Waals surface area contributed by atoms with Crippen molar-refractivity contribution in [2.75, 3.05) is 5.32 Å². The number of aliphatic carboxylic acids is 1. The maximum absolute atomic E-state index is 12.5. The van der Waals surface area contributed by atoms with Crippen molar-refractivity contribution in [2.24, 2.45) is 0 Å². The first-order valence-electron chi connectivity index (χ1n) is 9.27. The molecule has 0 saturated heterocycles. The van der Waals surface area contributed by atoms with Gasteiger partial charge in [0, 0.05) is 16.6 Å². The lowest BCUT2D eigenvalue weighted by Crippen LogP contribution is -2.46. The number of nitrogens with one attached hydrogen (secondary N) is 1. The molecule has 1 aliphatic carbocycles. The Balaban J connectivity index is 1.86. The monoisotopic (exact) mass is 449 g/mol. The van der Waals surface area contributed by atoms with Crippen LogP contribution in [0.4, 0.5) is 5.69 Å². The molecular formula is C24H20BrNO3. The summed E-state index contributed by atoms with van der Waals surface area (Å²) in [6.45, 7) is 0. The minimum absolute atomic E-state index is 0.0281. The molecule has 0 bridgehead atoms. The maximum Gasteiger partial charge on any atom is 0.333 e. The third-order valence-corrected chi connectivity index (χ3v) is 5.83. The standard InChI is InChI=1S/C24H20BrNO3/c25-19-11-13-20(14-12-19)26-23(22(27)28)15-21(17-7-3-1-4-8-17)24(29,16-23)18-9-5-2-6-10-18/h1-15,26,29H,16H2,(H,27,28)/t23-,24+/m1/s1. The molecule has 29 heavy (non-hydrogen) atoms. The lowest BCUT2D eigenvalue weighted by atomic mass is 9.82. The Hall–Kier alpha value is -2.89. The van der Waals surface area contributed by atoms with Gasteiger partial charge in [-0.05, 0) is 47.0 Å². The normalized spacial score (nSPS) is 23.4. The van der Waals surface area contributed by atoms with E-state index in [2.05, 4.69) is 21.2 Å². The quantitative estimate of drug-likeness (QED) is 0.509. The predicted octanol–water partition coefficient (Wildman–Crippen LogP) is 5.06. The van der Waals surface area contributed by atoms with Gasteiger partial charge in [0.05, 0.1) is 0 Å². The lowest BCUT2D eigenvalue weighted by Gasteiger charge is -2.32. The molecule has 3 N–H and O–H groups in total. The molecule has 5 heteroatoms. The van der Waals surface area contributed by atoms with E-state index in [0.29, 0.717) is 16.8 Å². The number of aliphatic hydroxyl groups is 1. The van der Waals surface area contributed by atoms with Crippen molar-refractivity contribution in [2.45, 2.75) is 17.6 Å². The number of rotatable bonds is 5. The molecule has 2 atom stereocenters. The molecule has 146 valence electrons. The van der Waals surface area contributed by atoms with Gasteiger partial charge in [-0.1, -0.05) is 76.6 Å². The number of anilines is 1. The van der Waals surface area contributed by atoms with Crippen molar-refractivity contribution < 1.29 is 15.0 Å². The summed E-state index contributed by atoms with van der Waals surface area (Å²) >= 11 is 3.39. The molecule has 4 rings (SSSR count). The fourth-order valence-corrected chi connectivity index (χ4v) is 4.15. The highest BCUT2D eigenvalue weighted by Gasteiger charge is 2.53. The van der Waals surface area contributed by atoms with E-state index in [-0.39, 0.29) is 6.42 Å². The topological polar surface area (TPSA) is 69.6 Å². The van der Waals surface area contributed by atoms with Crippen molar-refractivity contribution in [3.63, 3.8) is 0 Å². The van der Waals surface area contributed by atoms with Gasteiger partial charge in [0.1, 0.15) is 5.60 Å². The van der Waals surface area contributed by atoms with E-state index in [1.165, 1.54) is 0 Å². The second-order valence-corrected chi connectivity index (χ2v) is 8.15. The minimum atomic E-state index is -1.45. The van der Waals surface area contributed by atoms with E-state index < -0.39 is 17.1 Å². The van der Waals surface area contributed by atoms with Crippen LogP contribution in [0, 0.1) is 0 Å². The number of hydrogen-bond donors (Lipinski definition) is 3. The van der Waals surface area contributed by atoms with E-state index in [0.717, 1.165) is 10.0 Å². The van der Waals surface area contributed by atoms with Crippen LogP contribution >= 0.6 is 15.9 Å². The third-order valence-electron chi connectivity index (χ3n) is 5.30. The van der Waals surface area contributed by atoms with Gasteiger partial charge in [-0.15, -0.1) is 0 Å². The molecule has 0 heterocycles. The Morgan fingerprint density at radius 3 is 2.07 bits per heavy atom. The fourth-order valence-electron chi connectivity index (χ4n) is 3.89. The van der Waals surface area contributed by atoms with Crippen LogP contribution in [-0.2, 0) is 10.4 Å². The average molecular weight is 450 g/mol. The summed E-state index contributed by atoms with van der Waals surface area (Å²) in [5.41, 5.74) is -0.198. The first-order valence-corrected chi connectivity index (χ1v) is 10.1. The summed E-state index contributed by atoms with van der Waals surface area (Å²) in [5.74, 6) is -1.04. The Labute approximate surface area is 177 Å². The van der Waals surface area contributed by atoms with Crippen molar-refractivity contribution in [3.05, 3.63) is 107 Å². The highest BCUT2D eigenvalue weighted by molar-refractivity contribution is 9.10. The zero-order valence-corrected chi connectivity index (χ0v) is 17.1. The van der Waals surface area contributed by atoms with Crippen LogP contribution in [-0.4, -0.2) is 21.7 Å². The summed E-state index contributed by atoms with van der Waals surface area (Å²) in [4.78, 5) is 12.5. The molecule has 0 spiro atoms. The van der Waals surface area contributed by atoms with Gasteiger partial charge >= 0.3 is 5.97 Å². The van der Waals surface area contributed by atoms with Crippen molar-refractivity contribution in [3.8, 4) is 0 Å². The maximum atomic E-state index is 12.5. The number of halogens is 1. The Morgan fingerprint density at radius 2 is 1.48 bits per heavy atom. The molecule has 4 nitrogen and oxygen atoms in total. The average Bonchev–Trinajstić information content (AvgIpc) is 3.06. The summed E-state index contributed by atoms with van der Waals surface area (Å²) in [5, 5.41) is 25.1. The molecule has 3 aromatic rings. The molecule has 0 saturated carbocycles. The van der Waals surface area contributed by atoms with E-state index >= 15 is 0 Å². The second kappa shape index (κ2) is 7.50. The predicted molar refractivity (Wildman–Crippen MR) is 118 cm³/mol. The van der Waals surface area contributed by atoms with Gasteiger partial charge in [0.25, 0.3) is 0 Å². The van der Waals surface area contributed by atoms with E-state index in [4.69, 9.17) is 0 Å². The highest BCUT2D eigenvalue weighted by atomic mass is 79.9. The van der Waals surface area contributed by atoms with Crippen LogP contribution in [0.2, 0.25) is 0 Å². The second-order valence-electron chi connectivity index (χ2n) is 7.24. The SMILES string of the molecule is O=C(O)[C@@]1(Nc2ccc(Br)cc2)C=C(c2ccccc2)[C@@](O)(c2ccccc2)C1. The lowest BCUT2D eigenvalue weighted by molar-refractivity contribution is -0.141. The van der Waals surface area contributed by atoms with Crippen molar-refractivity contribution in [1.82, 2.24) is 0 Å². The van der Waals surface area contributed by atoms with Crippen LogP contribution in [0.5, 0.6) is 0 Å². The van der Waals surface area contributed by atoms with Crippen LogP contribution < -0.4 is 5.32 Å². The van der Waals surface area contributed by atoms with Crippen LogP contribution in [0.15, 0.2) is 95.5 Å². The van der Waals surface area contributed by atoms with Gasteiger partial charge < -0.3 is 15.5 Å². The van der Waals surface area contributed by atoms with Gasteiger partial charge in [0.15, 0.2) is 5.54 Å². The third kappa shape index (κ3) is 3.59. The Kier molecular flexibility index (Phi) is 5.03. The van der Waals surface area contributed by atoms with Gasteiger partial charge in [-0.25, -0.2) is 4.79 Å². The summed E-state index contributed by atoms with van der Waals surface area (Å²) in [6, 6.07) is 26.0. The molecule has 0 aliphatic heterocycles. The minimum Gasteiger partial charge on any atom is -0.479 e. The van der Waals surface area contributed by atoms with Crippen LogP contribution in [0.25, 0.3) is 5.57 Å². The number of hydrogen-bond acceptors (Lipinski definition) is 3. The molecule has 0 radical (unpaired) electrons. The van der Waals surface area contributed by atoms with Crippen LogP contribution in [0.3, 0.4) is 0 Å². The van der Waals surface area contributed by atoms with E-state index in [1.54, 1.807) is 6.08 Å². The molecule has 0 fully saturated rings. The van der Waals surface area contributed by atoms with E-state index in [9.17, 15) is 15.0 Å². The van der Waals surface area contributed by atoms with Gasteiger partial charge in [-0.3, -0.25) is 0 Å². The molecular weight excluding hydrogens is 430 g/mol. The summed E-state index contributed by atoms with van der Waals surface area (Å²) < 4.78 is 0.903. The Morgan fingerprint density at radius 1 is 0.897 bits per heavy atom. The molecule has 0 amide bonds. The zero-order chi connectivity index (χ0) is 20.5. The Bertz CT molecular complexity index is 1050. The summed E-state index contributed by atoms with van der Waals surface area (Å²) in [6.07, 6.45) is 1.62. The molecule has 3 aromatic carbocycles. The first kappa shape index (κ1) is 19.4. The zero-order valence-electron chi connectivity index (χ0n) is 15.5. The first-order chi connectivity index (χ1) is 13.9. The number of carbonyl (C=O) groups is 1. The van der Waals surface area contributed by atoms with Crippen LogP contribution in [0.1, 0.15) is 17.5 Å². The number of carboxylic acid groups (broad SMARTS) is 1. The number of benzene rings is 3. The van der Waals surface area contributed by atoms with Crippen molar-refractivity contribution in [1.29, 1.82) is 0 Å². The van der Waals surface area contributed by atoms with Crippen molar-refractivity contribution >= 4 is 33.2 Å². The largest absolute Gasteiger partial charge is 0.479 e.